The number of esters is 1. The zero-order chi connectivity index (χ0) is 18.6. The zero-order valence-electron chi connectivity index (χ0n) is 16.5. The molecule has 0 unspecified atom stereocenters. The van der Waals surface area contributed by atoms with Gasteiger partial charge in [0.15, 0.2) is 0 Å². The first-order chi connectivity index (χ1) is 11.2. The van der Waals surface area contributed by atoms with E-state index in [9.17, 15) is 4.79 Å². The first-order valence-electron chi connectivity index (χ1n) is 8.92. The number of rotatable bonds is 13. The SMILES string of the molecule is CC=CC(=O)OCC[Si](OCC(C)C)(OCC(C)C)OCC(C)C. The third-order valence-corrected chi connectivity index (χ3v) is 5.50. The maximum absolute atomic E-state index is 11.5. The van der Waals surface area contributed by atoms with Gasteiger partial charge < -0.3 is 18.0 Å². The van der Waals surface area contributed by atoms with E-state index in [2.05, 4.69) is 41.5 Å². The van der Waals surface area contributed by atoms with Gasteiger partial charge >= 0.3 is 14.8 Å². The van der Waals surface area contributed by atoms with E-state index in [0.29, 0.717) is 43.6 Å². The predicted molar refractivity (Wildman–Crippen MR) is 98.7 cm³/mol. The molecular formula is C18H36O5Si. The number of hydrogen-bond donors (Lipinski definition) is 0. The van der Waals surface area contributed by atoms with Gasteiger partial charge in [0.2, 0.25) is 0 Å². The van der Waals surface area contributed by atoms with Crippen molar-refractivity contribution in [3.8, 4) is 0 Å². The predicted octanol–water partition coefficient (Wildman–Crippen LogP) is 4.06. The monoisotopic (exact) mass is 360 g/mol. The van der Waals surface area contributed by atoms with E-state index in [0.717, 1.165) is 0 Å². The Bertz CT molecular complexity index is 335. The Labute approximate surface area is 149 Å². The molecule has 0 amide bonds. The average molecular weight is 361 g/mol. The van der Waals surface area contributed by atoms with Crippen LogP contribution >= 0.6 is 0 Å². The number of carbonyl (C=O) groups is 1. The molecule has 0 saturated heterocycles. The van der Waals surface area contributed by atoms with Crippen LogP contribution in [0.15, 0.2) is 12.2 Å². The van der Waals surface area contributed by atoms with E-state index < -0.39 is 8.80 Å². The molecule has 0 aromatic heterocycles. The standard InChI is InChI=1S/C18H36O5Si/c1-8-9-18(19)20-10-11-24(21-12-15(2)3,22-13-16(4)5)23-14-17(6)7/h8-9,15-17H,10-14H2,1-7H3. The molecule has 0 aliphatic heterocycles. The van der Waals surface area contributed by atoms with Crippen LogP contribution < -0.4 is 0 Å². The Balaban J connectivity index is 4.93. The Hall–Kier alpha value is -0.693. The van der Waals surface area contributed by atoms with Crippen molar-refractivity contribution in [1.82, 2.24) is 0 Å². The molecule has 0 rings (SSSR count). The summed E-state index contributed by atoms with van der Waals surface area (Å²) < 4.78 is 23.6. The summed E-state index contributed by atoms with van der Waals surface area (Å²) in [5, 5.41) is 0. The summed E-state index contributed by atoms with van der Waals surface area (Å²) in [4.78, 5) is 11.5. The third-order valence-electron chi connectivity index (χ3n) is 2.87. The molecule has 6 heteroatoms. The number of allylic oxidation sites excluding steroid dienone is 1. The molecule has 0 aromatic carbocycles. The van der Waals surface area contributed by atoms with Crippen LogP contribution in [0.3, 0.4) is 0 Å². The van der Waals surface area contributed by atoms with E-state index >= 15 is 0 Å². The van der Waals surface area contributed by atoms with E-state index in [1.165, 1.54) is 6.08 Å². The van der Waals surface area contributed by atoms with Gasteiger partial charge in [0.25, 0.3) is 0 Å². The first-order valence-corrected chi connectivity index (χ1v) is 10.8. The van der Waals surface area contributed by atoms with Crippen molar-refractivity contribution in [3.05, 3.63) is 12.2 Å². The molecule has 0 aliphatic carbocycles. The molecule has 0 saturated carbocycles. The summed E-state index contributed by atoms with van der Waals surface area (Å²) in [7, 11) is -2.87. The van der Waals surface area contributed by atoms with E-state index in [1.807, 2.05) is 0 Å². The van der Waals surface area contributed by atoms with E-state index in [4.69, 9.17) is 18.0 Å². The lowest BCUT2D eigenvalue weighted by molar-refractivity contribution is -0.137. The van der Waals surface area contributed by atoms with Crippen LogP contribution in [0, 0.1) is 17.8 Å². The minimum Gasteiger partial charge on any atom is -0.463 e. The highest BCUT2D eigenvalue weighted by molar-refractivity contribution is 6.60. The van der Waals surface area contributed by atoms with Crippen molar-refractivity contribution in [2.75, 3.05) is 26.4 Å². The van der Waals surface area contributed by atoms with Crippen molar-refractivity contribution >= 4 is 14.8 Å². The van der Waals surface area contributed by atoms with Crippen molar-refractivity contribution in [2.45, 2.75) is 54.5 Å². The lowest BCUT2D eigenvalue weighted by Gasteiger charge is -2.31. The molecule has 0 fully saturated rings. The van der Waals surface area contributed by atoms with Crippen LogP contribution in [0.4, 0.5) is 0 Å². The molecule has 0 atom stereocenters. The minimum atomic E-state index is -2.87. The van der Waals surface area contributed by atoms with Gasteiger partial charge in [-0.2, -0.15) is 0 Å². The van der Waals surface area contributed by atoms with Gasteiger partial charge in [0.05, 0.1) is 12.7 Å². The van der Waals surface area contributed by atoms with E-state index in [1.54, 1.807) is 13.0 Å². The van der Waals surface area contributed by atoms with Crippen LogP contribution in [-0.2, 0) is 22.8 Å². The molecule has 0 bridgehead atoms. The molecule has 0 N–H and O–H groups in total. The van der Waals surface area contributed by atoms with Crippen LogP contribution in [-0.4, -0.2) is 41.2 Å². The summed E-state index contributed by atoms with van der Waals surface area (Å²) >= 11 is 0. The molecular weight excluding hydrogens is 324 g/mol. The van der Waals surface area contributed by atoms with Gasteiger partial charge in [-0.25, -0.2) is 4.79 Å². The summed E-state index contributed by atoms with van der Waals surface area (Å²) in [6.07, 6.45) is 3.06. The highest BCUT2D eigenvalue weighted by Gasteiger charge is 2.42. The smallest absolute Gasteiger partial charge is 0.463 e. The lowest BCUT2D eigenvalue weighted by atomic mass is 10.2. The van der Waals surface area contributed by atoms with Crippen molar-refractivity contribution in [3.63, 3.8) is 0 Å². The largest absolute Gasteiger partial charge is 0.504 e. The highest BCUT2D eigenvalue weighted by atomic mass is 28.4. The third kappa shape index (κ3) is 11.8. The summed E-state index contributed by atoms with van der Waals surface area (Å²) in [6.45, 7) is 16.3. The molecule has 5 nitrogen and oxygen atoms in total. The summed E-state index contributed by atoms with van der Waals surface area (Å²) in [6, 6.07) is 0.475. The fourth-order valence-corrected chi connectivity index (χ4v) is 4.48. The molecule has 0 spiro atoms. The number of carbonyl (C=O) groups excluding carboxylic acids is 1. The average Bonchev–Trinajstić information content (AvgIpc) is 2.48. The van der Waals surface area contributed by atoms with Crippen molar-refractivity contribution in [1.29, 1.82) is 0 Å². The molecule has 142 valence electrons. The highest BCUT2D eigenvalue weighted by Crippen LogP contribution is 2.20. The molecule has 0 radical (unpaired) electrons. The van der Waals surface area contributed by atoms with Gasteiger partial charge in [0.1, 0.15) is 0 Å². The van der Waals surface area contributed by atoms with E-state index in [-0.39, 0.29) is 12.6 Å². The number of ether oxygens (including phenoxy) is 1. The summed E-state index contributed by atoms with van der Waals surface area (Å²) in [5.41, 5.74) is 0. The first kappa shape index (κ1) is 23.3. The topological polar surface area (TPSA) is 54.0 Å². The second-order valence-corrected chi connectivity index (χ2v) is 9.95. The van der Waals surface area contributed by atoms with Crippen LogP contribution in [0.5, 0.6) is 0 Å². The van der Waals surface area contributed by atoms with Crippen molar-refractivity contribution < 1.29 is 22.8 Å². The number of hydrogen-bond acceptors (Lipinski definition) is 5. The van der Waals surface area contributed by atoms with Crippen LogP contribution in [0.2, 0.25) is 6.04 Å². The molecule has 0 aromatic rings. The van der Waals surface area contributed by atoms with Gasteiger partial charge in [-0.15, -0.1) is 0 Å². The Morgan fingerprint density at radius 3 is 1.62 bits per heavy atom. The van der Waals surface area contributed by atoms with Crippen LogP contribution in [0.25, 0.3) is 0 Å². The lowest BCUT2D eigenvalue weighted by Crippen LogP contribution is -2.49. The fourth-order valence-electron chi connectivity index (χ4n) is 1.68. The second kappa shape index (κ2) is 12.6. The maximum Gasteiger partial charge on any atom is 0.504 e. The van der Waals surface area contributed by atoms with Crippen molar-refractivity contribution in [2.24, 2.45) is 17.8 Å². The van der Waals surface area contributed by atoms with Gasteiger partial charge in [-0.05, 0) is 24.7 Å². The minimum absolute atomic E-state index is 0.240. The van der Waals surface area contributed by atoms with Crippen LogP contribution in [0.1, 0.15) is 48.5 Å². The molecule has 0 heterocycles. The molecule has 0 aliphatic rings. The maximum atomic E-state index is 11.5. The Morgan fingerprint density at radius 2 is 1.29 bits per heavy atom. The van der Waals surface area contributed by atoms with Gasteiger partial charge in [0, 0.05) is 25.9 Å². The summed E-state index contributed by atoms with van der Waals surface area (Å²) in [5.74, 6) is 0.797. The normalized spacial score (nSPS) is 12.8. The molecule has 24 heavy (non-hydrogen) atoms. The zero-order valence-corrected chi connectivity index (χ0v) is 17.5. The second-order valence-electron chi connectivity index (χ2n) is 7.22. The van der Waals surface area contributed by atoms with Gasteiger partial charge in [-0.3, -0.25) is 0 Å². The Morgan fingerprint density at radius 1 is 0.875 bits per heavy atom. The fraction of sp³-hybridized carbons (Fsp3) is 0.833. The van der Waals surface area contributed by atoms with Gasteiger partial charge in [-0.1, -0.05) is 47.6 Å². The Kier molecular flexibility index (Phi) is 12.3. The quantitative estimate of drug-likeness (QED) is 0.282.